The molecule has 0 aromatic carbocycles. The molecule has 0 heterocycles. The lowest BCUT2D eigenvalue weighted by Crippen LogP contribution is -2.48. The molecule has 0 aromatic rings. The molecule has 0 atom stereocenters. The van der Waals surface area contributed by atoms with Gasteiger partial charge in [0.05, 0.1) is 6.61 Å². The van der Waals surface area contributed by atoms with Gasteiger partial charge in [-0.1, -0.05) is 0 Å². The Balaban J connectivity index is 1.60. The van der Waals surface area contributed by atoms with Crippen LogP contribution in [0.1, 0.15) is 32.1 Å². The summed E-state index contributed by atoms with van der Waals surface area (Å²) in [5, 5.41) is 12.2. The van der Waals surface area contributed by atoms with E-state index in [2.05, 4.69) is 5.32 Å². The number of hydrogen-bond donors (Lipinski definition) is 2. The van der Waals surface area contributed by atoms with E-state index in [9.17, 15) is 0 Å². The van der Waals surface area contributed by atoms with Crippen molar-refractivity contribution >= 4 is 0 Å². The molecule has 86 valence electrons. The quantitative estimate of drug-likeness (QED) is 0.690. The molecular weight excluding hydrogens is 186 g/mol. The van der Waals surface area contributed by atoms with Crippen molar-refractivity contribution in [2.24, 2.45) is 29.6 Å². The minimum atomic E-state index is 0.285. The summed E-state index contributed by atoms with van der Waals surface area (Å²) in [4.78, 5) is 0. The largest absolute Gasteiger partial charge is 0.395 e. The average molecular weight is 209 g/mol. The summed E-state index contributed by atoms with van der Waals surface area (Å²) in [6.07, 6.45) is 7.59. The molecule has 2 nitrogen and oxygen atoms in total. The van der Waals surface area contributed by atoms with Crippen LogP contribution in [0.4, 0.5) is 0 Å². The van der Waals surface area contributed by atoms with E-state index in [1.807, 2.05) is 0 Å². The topological polar surface area (TPSA) is 32.3 Å². The van der Waals surface area contributed by atoms with Crippen LogP contribution in [0, 0.1) is 29.6 Å². The van der Waals surface area contributed by atoms with Gasteiger partial charge in [-0.15, -0.1) is 0 Å². The molecule has 4 fully saturated rings. The van der Waals surface area contributed by atoms with Crippen LogP contribution in [0.25, 0.3) is 0 Å². The third-order valence-corrected chi connectivity index (χ3v) is 5.09. The first-order valence-electron chi connectivity index (χ1n) is 6.68. The zero-order valence-electron chi connectivity index (χ0n) is 9.49. The molecule has 0 aromatic heterocycles. The third kappa shape index (κ3) is 1.83. The highest BCUT2D eigenvalue weighted by molar-refractivity contribution is 4.98. The fraction of sp³-hybridized carbons (Fsp3) is 1.00. The van der Waals surface area contributed by atoms with Gasteiger partial charge in [-0.2, -0.15) is 0 Å². The molecule has 0 saturated heterocycles. The minimum Gasteiger partial charge on any atom is -0.395 e. The summed E-state index contributed by atoms with van der Waals surface area (Å²) in [6, 6.07) is 0. The Morgan fingerprint density at radius 2 is 1.53 bits per heavy atom. The minimum absolute atomic E-state index is 0.285. The summed E-state index contributed by atoms with van der Waals surface area (Å²) in [6.45, 7) is 2.23. The van der Waals surface area contributed by atoms with Crippen molar-refractivity contribution in [2.75, 3.05) is 19.7 Å². The Kier molecular flexibility index (Phi) is 2.73. The van der Waals surface area contributed by atoms with Gasteiger partial charge in [-0.05, 0) is 68.2 Å². The van der Waals surface area contributed by atoms with E-state index >= 15 is 0 Å². The Morgan fingerprint density at radius 3 is 2.07 bits per heavy atom. The van der Waals surface area contributed by atoms with Crippen molar-refractivity contribution in [1.29, 1.82) is 0 Å². The summed E-state index contributed by atoms with van der Waals surface area (Å²) < 4.78 is 0. The van der Waals surface area contributed by atoms with Crippen LogP contribution in [0.2, 0.25) is 0 Å². The molecule has 0 radical (unpaired) electrons. The Bertz CT molecular complexity index is 201. The molecule has 2 heteroatoms. The molecule has 0 aliphatic heterocycles. The molecule has 2 N–H and O–H groups in total. The number of nitrogens with one attached hydrogen (secondary N) is 1. The normalized spacial score (nSPS) is 47.4. The highest BCUT2D eigenvalue weighted by Gasteiger charge is 2.47. The summed E-state index contributed by atoms with van der Waals surface area (Å²) in [7, 11) is 0. The Morgan fingerprint density at radius 1 is 0.933 bits per heavy atom. The molecule has 4 bridgehead atoms. The first-order chi connectivity index (χ1) is 7.36. The third-order valence-electron chi connectivity index (χ3n) is 5.09. The van der Waals surface area contributed by atoms with Crippen LogP contribution in [0.3, 0.4) is 0 Å². The van der Waals surface area contributed by atoms with Crippen LogP contribution >= 0.6 is 0 Å². The van der Waals surface area contributed by atoms with E-state index in [1.165, 1.54) is 25.7 Å². The van der Waals surface area contributed by atoms with Crippen LogP contribution < -0.4 is 5.32 Å². The van der Waals surface area contributed by atoms with Crippen molar-refractivity contribution in [1.82, 2.24) is 5.32 Å². The van der Waals surface area contributed by atoms with Crippen molar-refractivity contribution in [3.63, 3.8) is 0 Å². The maximum atomic E-state index is 8.79. The van der Waals surface area contributed by atoms with Gasteiger partial charge in [-0.25, -0.2) is 0 Å². The molecule has 4 saturated carbocycles. The highest BCUT2D eigenvalue weighted by Crippen LogP contribution is 2.56. The van der Waals surface area contributed by atoms with Crippen molar-refractivity contribution < 1.29 is 5.11 Å². The molecular formula is C13H23NO. The first kappa shape index (κ1) is 10.1. The van der Waals surface area contributed by atoms with Crippen molar-refractivity contribution in [3.05, 3.63) is 0 Å². The number of aliphatic hydroxyl groups excluding tert-OH is 1. The number of rotatable bonds is 4. The lowest BCUT2D eigenvalue weighted by molar-refractivity contribution is -0.0356. The van der Waals surface area contributed by atoms with E-state index < -0.39 is 0 Å². The first-order valence-corrected chi connectivity index (χ1v) is 6.68. The summed E-state index contributed by atoms with van der Waals surface area (Å²) in [5.41, 5.74) is 0. The lowest BCUT2D eigenvalue weighted by atomic mass is 9.52. The molecule has 4 rings (SSSR count). The van der Waals surface area contributed by atoms with E-state index in [4.69, 9.17) is 5.11 Å². The van der Waals surface area contributed by atoms with Crippen LogP contribution in [0.15, 0.2) is 0 Å². The maximum Gasteiger partial charge on any atom is 0.0555 e. The van der Waals surface area contributed by atoms with Crippen LogP contribution in [-0.4, -0.2) is 24.8 Å². The zero-order chi connectivity index (χ0) is 10.3. The van der Waals surface area contributed by atoms with Crippen LogP contribution in [-0.2, 0) is 0 Å². The van der Waals surface area contributed by atoms with Crippen molar-refractivity contribution in [2.45, 2.75) is 32.1 Å². The maximum absolute atomic E-state index is 8.79. The second kappa shape index (κ2) is 4.06. The van der Waals surface area contributed by atoms with Gasteiger partial charge < -0.3 is 10.4 Å². The predicted molar refractivity (Wildman–Crippen MR) is 60.5 cm³/mol. The Labute approximate surface area is 92.4 Å². The van der Waals surface area contributed by atoms with E-state index in [0.29, 0.717) is 0 Å². The molecule has 4 aliphatic carbocycles. The smallest absolute Gasteiger partial charge is 0.0555 e. The number of aliphatic hydroxyl groups is 1. The fourth-order valence-corrected chi connectivity index (χ4v) is 4.72. The van der Waals surface area contributed by atoms with Gasteiger partial charge in [0.25, 0.3) is 0 Å². The van der Waals surface area contributed by atoms with E-state index in [1.54, 1.807) is 6.42 Å². The predicted octanol–water partition coefficient (Wildman–Crippen LogP) is 1.64. The second-order valence-electron chi connectivity index (χ2n) is 6.02. The van der Waals surface area contributed by atoms with Gasteiger partial charge in [-0.3, -0.25) is 0 Å². The average Bonchev–Trinajstić information content (AvgIpc) is 2.21. The lowest BCUT2D eigenvalue weighted by Gasteiger charge is -2.54. The molecule has 4 aliphatic rings. The van der Waals surface area contributed by atoms with Gasteiger partial charge in [0.2, 0.25) is 0 Å². The number of hydrogen-bond acceptors (Lipinski definition) is 2. The highest BCUT2D eigenvalue weighted by atomic mass is 16.3. The standard InChI is InChI=1S/C13H23NO/c15-2-1-14-8-13-11-4-9-3-10(6-11)7-12(13)5-9/h9-15H,1-8H2. The molecule has 0 unspecified atom stereocenters. The van der Waals surface area contributed by atoms with Crippen molar-refractivity contribution in [3.8, 4) is 0 Å². The monoisotopic (exact) mass is 209 g/mol. The fourth-order valence-electron chi connectivity index (χ4n) is 4.72. The second-order valence-corrected chi connectivity index (χ2v) is 6.02. The van der Waals surface area contributed by atoms with Crippen LogP contribution in [0.5, 0.6) is 0 Å². The SMILES string of the molecule is OCCNCC1C2CC3CC(C2)CC1C3. The summed E-state index contributed by atoms with van der Waals surface area (Å²) >= 11 is 0. The van der Waals surface area contributed by atoms with E-state index in [-0.39, 0.29) is 6.61 Å². The van der Waals surface area contributed by atoms with Gasteiger partial charge in [0.1, 0.15) is 0 Å². The van der Waals surface area contributed by atoms with Gasteiger partial charge >= 0.3 is 0 Å². The van der Waals surface area contributed by atoms with Gasteiger partial charge in [0, 0.05) is 6.54 Å². The molecule has 0 spiro atoms. The summed E-state index contributed by atoms with van der Waals surface area (Å²) in [5.74, 6) is 5.15. The van der Waals surface area contributed by atoms with E-state index in [0.717, 1.165) is 42.7 Å². The molecule has 0 amide bonds. The zero-order valence-corrected chi connectivity index (χ0v) is 9.49. The van der Waals surface area contributed by atoms with Gasteiger partial charge in [0.15, 0.2) is 0 Å². The molecule has 15 heavy (non-hydrogen) atoms. The Hall–Kier alpha value is -0.0800.